The number of ether oxygens (including phenoxy) is 1. The minimum absolute atomic E-state index is 0.291. The lowest BCUT2D eigenvalue weighted by atomic mass is 10.1. The average molecular weight is 409 g/mol. The van der Waals surface area contributed by atoms with Crippen LogP contribution in [0.2, 0.25) is 0 Å². The number of aromatic nitrogens is 2. The van der Waals surface area contributed by atoms with Crippen LogP contribution in [0.5, 0.6) is 0 Å². The van der Waals surface area contributed by atoms with Gasteiger partial charge in [-0.05, 0) is 18.2 Å². The first-order valence-corrected chi connectivity index (χ1v) is 9.84. The van der Waals surface area contributed by atoms with Crippen molar-refractivity contribution in [3.8, 4) is 6.07 Å². The predicted octanol–water partition coefficient (Wildman–Crippen LogP) is 4.54. The molecule has 2 aromatic carbocycles. The van der Waals surface area contributed by atoms with Gasteiger partial charge in [-0.1, -0.05) is 42.5 Å². The molecule has 0 saturated carbocycles. The van der Waals surface area contributed by atoms with Crippen molar-refractivity contribution in [1.82, 2.24) is 9.55 Å². The van der Waals surface area contributed by atoms with Crippen LogP contribution < -0.4 is 0 Å². The summed E-state index contributed by atoms with van der Waals surface area (Å²) in [4.78, 5) is 29.2. The summed E-state index contributed by atoms with van der Waals surface area (Å²) in [7, 11) is 0. The third-order valence-corrected chi connectivity index (χ3v) is 4.96. The SMILES string of the molecule is N#CCCn1cc(C(=O)COC(=O)/C=C/c2cccc3cccnc23)c2ccccc21. The van der Waals surface area contributed by atoms with Crippen molar-refractivity contribution in [3.05, 3.63) is 84.2 Å². The smallest absolute Gasteiger partial charge is 0.331 e. The molecule has 0 N–H and O–H groups in total. The zero-order valence-electron chi connectivity index (χ0n) is 16.7. The van der Waals surface area contributed by atoms with Crippen LogP contribution >= 0.6 is 0 Å². The number of ketones is 1. The monoisotopic (exact) mass is 409 g/mol. The van der Waals surface area contributed by atoms with Crippen LogP contribution in [0.25, 0.3) is 27.9 Å². The molecule has 4 aromatic rings. The summed E-state index contributed by atoms with van der Waals surface area (Å²) in [5.74, 6) is -0.894. The number of esters is 1. The van der Waals surface area contributed by atoms with E-state index in [1.165, 1.54) is 6.08 Å². The number of nitrogens with zero attached hydrogens (tertiary/aromatic N) is 3. The van der Waals surface area contributed by atoms with Crippen LogP contribution in [0, 0.1) is 11.3 Å². The summed E-state index contributed by atoms with van der Waals surface area (Å²) >= 11 is 0. The Labute approximate surface area is 179 Å². The van der Waals surface area contributed by atoms with E-state index in [-0.39, 0.29) is 12.4 Å². The first kappa shape index (κ1) is 20.0. The molecule has 2 heterocycles. The lowest BCUT2D eigenvalue weighted by Gasteiger charge is -2.02. The number of fused-ring (bicyclic) bond motifs is 2. The Morgan fingerprint density at radius 2 is 1.94 bits per heavy atom. The largest absolute Gasteiger partial charge is 0.454 e. The van der Waals surface area contributed by atoms with E-state index in [0.29, 0.717) is 18.5 Å². The molecule has 0 bridgehead atoms. The summed E-state index contributed by atoms with van der Waals surface area (Å²) in [6, 6.07) is 19.1. The molecule has 6 heteroatoms. The van der Waals surface area contributed by atoms with Crippen molar-refractivity contribution in [2.45, 2.75) is 13.0 Å². The maximum absolute atomic E-state index is 12.7. The van der Waals surface area contributed by atoms with Crippen molar-refractivity contribution in [3.63, 3.8) is 0 Å². The predicted molar refractivity (Wildman–Crippen MR) is 118 cm³/mol. The summed E-state index contributed by atoms with van der Waals surface area (Å²) in [6.45, 7) is 0.134. The van der Waals surface area contributed by atoms with E-state index >= 15 is 0 Å². The lowest BCUT2D eigenvalue weighted by Crippen LogP contribution is -2.12. The van der Waals surface area contributed by atoms with Gasteiger partial charge in [-0.15, -0.1) is 0 Å². The minimum Gasteiger partial charge on any atom is -0.454 e. The molecule has 0 spiro atoms. The van der Waals surface area contributed by atoms with Gasteiger partial charge >= 0.3 is 5.97 Å². The first-order valence-electron chi connectivity index (χ1n) is 9.84. The molecule has 6 nitrogen and oxygen atoms in total. The Hall–Kier alpha value is -4.24. The second kappa shape index (κ2) is 9.06. The van der Waals surface area contributed by atoms with Gasteiger partial charge in [-0.2, -0.15) is 5.26 Å². The number of carbonyl (C=O) groups excluding carboxylic acids is 2. The highest BCUT2D eigenvalue weighted by Gasteiger charge is 2.16. The molecule has 2 aromatic heterocycles. The average Bonchev–Trinajstić information content (AvgIpc) is 3.18. The van der Waals surface area contributed by atoms with Crippen LogP contribution in [0.3, 0.4) is 0 Å². The highest BCUT2D eigenvalue weighted by atomic mass is 16.5. The quantitative estimate of drug-likeness (QED) is 0.254. The molecule has 0 amide bonds. The highest BCUT2D eigenvalue weighted by Crippen LogP contribution is 2.22. The third-order valence-electron chi connectivity index (χ3n) is 4.96. The first-order chi connectivity index (χ1) is 15.2. The number of para-hydroxylation sites is 2. The Kier molecular flexibility index (Phi) is 5.86. The molecule has 0 saturated heterocycles. The van der Waals surface area contributed by atoms with Gasteiger partial charge in [0.05, 0.1) is 18.0 Å². The Morgan fingerprint density at radius 3 is 2.81 bits per heavy atom. The molecule has 0 unspecified atom stereocenters. The van der Waals surface area contributed by atoms with Gasteiger partial charge in [-0.25, -0.2) is 4.79 Å². The molecule has 31 heavy (non-hydrogen) atoms. The van der Waals surface area contributed by atoms with E-state index in [1.54, 1.807) is 18.5 Å². The number of hydrogen-bond donors (Lipinski definition) is 0. The van der Waals surface area contributed by atoms with Gasteiger partial charge in [0.15, 0.2) is 6.61 Å². The fourth-order valence-electron chi connectivity index (χ4n) is 3.51. The van der Waals surface area contributed by atoms with E-state index in [9.17, 15) is 9.59 Å². The number of carbonyl (C=O) groups is 2. The van der Waals surface area contributed by atoms with Crippen molar-refractivity contribution < 1.29 is 14.3 Å². The Morgan fingerprint density at radius 1 is 1.10 bits per heavy atom. The van der Waals surface area contributed by atoms with E-state index in [4.69, 9.17) is 10.00 Å². The van der Waals surface area contributed by atoms with E-state index < -0.39 is 5.97 Å². The molecule has 0 atom stereocenters. The van der Waals surface area contributed by atoms with Crippen molar-refractivity contribution in [2.75, 3.05) is 6.61 Å². The van der Waals surface area contributed by atoms with Crippen molar-refractivity contribution in [2.24, 2.45) is 0 Å². The summed E-state index contributed by atoms with van der Waals surface area (Å²) in [5, 5.41) is 10.6. The molecular formula is C25H19N3O3. The summed E-state index contributed by atoms with van der Waals surface area (Å²) < 4.78 is 7.05. The fourth-order valence-corrected chi connectivity index (χ4v) is 3.51. The number of rotatable bonds is 7. The second-order valence-electron chi connectivity index (χ2n) is 6.95. The standard InChI is InChI=1S/C25H19N3O3/c26-13-5-15-28-16-21(20-9-1-2-10-22(20)28)23(29)17-31-24(30)12-11-19-7-3-6-18-8-4-14-27-25(18)19/h1-4,6-12,14,16H,5,15,17H2/b12-11+. The van der Waals surface area contributed by atoms with E-state index in [2.05, 4.69) is 11.1 Å². The van der Waals surface area contributed by atoms with Crippen LogP contribution in [-0.2, 0) is 16.1 Å². The summed E-state index contributed by atoms with van der Waals surface area (Å²) in [6.07, 6.45) is 6.69. The molecule has 0 radical (unpaired) electrons. The Balaban J connectivity index is 1.46. The van der Waals surface area contributed by atoms with Crippen LogP contribution in [0.15, 0.2) is 73.1 Å². The van der Waals surface area contributed by atoms with Gasteiger partial charge in [0.25, 0.3) is 0 Å². The van der Waals surface area contributed by atoms with Gasteiger partial charge < -0.3 is 9.30 Å². The molecular weight excluding hydrogens is 390 g/mol. The molecule has 0 aliphatic heterocycles. The van der Waals surface area contributed by atoms with Gasteiger partial charge in [0, 0.05) is 52.4 Å². The van der Waals surface area contributed by atoms with E-state index in [0.717, 1.165) is 27.4 Å². The number of pyridine rings is 1. The lowest BCUT2D eigenvalue weighted by molar-refractivity contribution is -0.136. The summed E-state index contributed by atoms with van der Waals surface area (Å²) in [5.41, 5.74) is 2.93. The Bertz CT molecular complexity index is 1340. The van der Waals surface area contributed by atoms with E-state index in [1.807, 2.05) is 59.2 Å². The fraction of sp³-hybridized carbons (Fsp3) is 0.120. The molecule has 0 fully saturated rings. The van der Waals surface area contributed by atoms with Gasteiger partial charge in [0.1, 0.15) is 0 Å². The van der Waals surface area contributed by atoms with Gasteiger partial charge in [-0.3, -0.25) is 9.78 Å². The number of hydrogen-bond acceptors (Lipinski definition) is 5. The molecule has 4 rings (SSSR count). The number of Topliss-reactive ketones (excluding diaryl/α,β-unsaturated/α-hetero) is 1. The molecule has 0 aliphatic rings. The number of nitriles is 1. The highest BCUT2D eigenvalue weighted by molar-refractivity contribution is 6.09. The normalized spacial score (nSPS) is 11.1. The molecule has 152 valence electrons. The maximum atomic E-state index is 12.7. The zero-order valence-corrected chi connectivity index (χ0v) is 16.7. The van der Waals surface area contributed by atoms with Crippen LogP contribution in [0.4, 0.5) is 0 Å². The van der Waals surface area contributed by atoms with Crippen molar-refractivity contribution in [1.29, 1.82) is 5.26 Å². The number of aryl methyl sites for hydroxylation is 1. The van der Waals surface area contributed by atoms with Crippen LogP contribution in [0.1, 0.15) is 22.3 Å². The third kappa shape index (κ3) is 4.36. The van der Waals surface area contributed by atoms with Crippen molar-refractivity contribution >= 4 is 39.6 Å². The number of benzene rings is 2. The minimum atomic E-state index is -0.602. The topological polar surface area (TPSA) is 85.0 Å². The zero-order chi connectivity index (χ0) is 21.6. The second-order valence-corrected chi connectivity index (χ2v) is 6.95. The molecule has 0 aliphatic carbocycles. The van der Waals surface area contributed by atoms with Gasteiger partial charge in [0.2, 0.25) is 5.78 Å². The maximum Gasteiger partial charge on any atom is 0.331 e. The van der Waals surface area contributed by atoms with Crippen LogP contribution in [-0.4, -0.2) is 27.9 Å².